The maximum Gasteiger partial charge on any atom is 0.270 e. The highest BCUT2D eigenvalue weighted by molar-refractivity contribution is 6.12. The fraction of sp³-hybridized carbons (Fsp3) is 0. The topological polar surface area (TPSA) is 71.8 Å². The van der Waals surface area contributed by atoms with Crippen LogP contribution in [-0.4, -0.2) is 14.9 Å². The van der Waals surface area contributed by atoms with Crippen LogP contribution in [0.25, 0.3) is 54.8 Å². The molecule has 6 aromatic rings. The molecule has 0 aliphatic heterocycles. The Balaban J connectivity index is 1.74. The summed E-state index contributed by atoms with van der Waals surface area (Å²) < 4.78 is 0. The van der Waals surface area contributed by atoms with Crippen LogP contribution in [0.15, 0.2) is 97.3 Å². The van der Waals surface area contributed by atoms with E-state index in [1.807, 2.05) is 42.7 Å². The van der Waals surface area contributed by atoms with Crippen LogP contribution in [0, 0.1) is 10.1 Å². The van der Waals surface area contributed by atoms with Gasteiger partial charge < -0.3 is 4.98 Å². The third-order valence-electron chi connectivity index (χ3n) is 6.01. The van der Waals surface area contributed by atoms with Crippen molar-refractivity contribution in [3.05, 3.63) is 107 Å². The minimum Gasteiger partial charge on any atom is -0.361 e. The van der Waals surface area contributed by atoms with E-state index in [-0.39, 0.29) is 10.6 Å². The van der Waals surface area contributed by atoms with E-state index >= 15 is 0 Å². The van der Waals surface area contributed by atoms with E-state index in [2.05, 4.69) is 41.4 Å². The zero-order valence-corrected chi connectivity index (χ0v) is 16.9. The van der Waals surface area contributed by atoms with Gasteiger partial charge >= 0.3 is 0 Å². The number of nitrogens with one attached hydrogen (secondary N) is 1. The standard InChI is InChI=1S/C27H17N3O2/c31-30(32)19-10-12-25-23(15-19)24(16-29-25)22-11-9-17-5-1-3-7-20(17)26(22)27-21-8-4-2-6-18(21)13-14-28-27/h1-16,29H. The fourth-order valence-corrected chi connectivity index (χ4v) is 4.51. The Morgan fingerprint density at radius 3 is 2.31 bits per heavy atom. The number of pyridine rings is 1. The smallest absolute Gasteiger partial charge is 0.270 e. The summed E-state index contributed by atoms with van der Waals surface area (Å²) in [6.07, 6.45) is 3.76. The van der Waals surface area contributed by atoms with Crippen molar-refractivity contribution in [1.29, 1.82) is 0 Å². The van der Waals surface area contributed by atoms with Crippen molar-refractivity contribution < 1.29 is 4.92 Å². The lowest BCUT2D eigenvalue weighted by Gasteiger charge is -2.15. The number of nitro groups is 1. The van der Waals surface area contributed by atoms with Crippen LogP contribution in [0.3, 0.4) is 0 Å². The molecule has 5 nitrogen and oxygen atoms in total. The molecule has 2 aromatic heterocycles. The molecule has 6 rings (SSSR count). The van der Waals surface area contributed by atoms with E-state index in [9.17, 15) is 10.1 Å². The Bertz CT molecular complexity index is 1660. The van der Waals surface area contributed by atoms with Crippen molar-refractivity contribution >= 4 is 38.1 Å². The summed E-state index contributed by atoms with van der Waals surface area (Å²) in [6, 6.07) is 27.6. The number of non-ortho nitro benzene ring substituents is 1. The van der Waals surface area contributed by atoms with Crippen LogP contribution < -0.4 is 0 Å². The lowest BCUT2D eigenvalue weighted by molar-refractivity contribution is -0.384. The molecule has 0 aliphatic carbocycles. The SMILES string of the molecule is O=[N+]([O-])c1ccc2[nH]cc(-c3ccc4ccccc4c3-c3nccc4ccccc34)c2c1. The molecule has 0 atom stereocenters. The number of nitrogens with zero attached hydrogens (tertiary/aromatic N) is 2. The van der Waals surface area contributed by atoms with Crippen molar-refractivity contribution in [1.82, 2.24) is 9.97 Å². The minimum absolute atomic E-state index is 0.0731. The summed E-state index contributed by atoms with van der Waals surface area (Å²) >= 11 is 0. The Morgan fingerprint density at radius 1 is 0.750 bits per heavy atom. The predicted molar refractivity (Wildman–Crippen MR) is 129 cm³/mol. The third kappa shape index (κ3) is 2.76. The molecule has 2 heterocycles. The second-order valence-electron chi connectivity index (χ2n) is 7.78. The van der Waals surface area contributed by atoms with Gasteiger partial charge in [-0.15, -0.1) is 0 Å². The highest BCUT2D eigenvalue weighted by Crippen LogP contribution is 2.42. The van der Waals surface area contributed by atoms with Crippen LogP contribution >= 0.6 is 0 Å². The lowest BCUT2D eigenvalue weighted by atomic mass is 9.90. The average Bonchev–Trinajstić information content (AvgIpc) is 3.26. The number of aromatic amines is 1. The maximum absolute atomic E-state index is 11.4. The van der Waals surface area contributed by atoms with Gasteiger partial charge in [-0.2, -0.15) is 0 Å². The molecule has 0 radical (unpaired) electrons. The van der Waals surface area contributed by atoms with Crippen molar-refractivity contribution in [2.45, 2.75) is 0 Å². The normalized spacial score (nSPS) is 11.4. The molecule has 32 heavy (non-hydrogen) atoms. The summed E-state index contributed by atoms with van der Waals surface area (Å²) in [5.41, 5.74) is 4.75. The maximum atomic E-state index is 11.4. The molecule has 0 bridgehead atoms. The molecular formula is C27H17N3O2. The first-order valence-electron chi connectivity index (χ1n) is 10.3. The van der Waals surface area contributed by atoms with Crippen LogP contribution in [0.1, 0.15) is 0 Å². The van der Waals surface area contributed by atoms with Gasteiger partial charge in [0.05, 0.1) is 10.6 Å². The van der Waals surface area contributed by atoms with Gasteiger partial charge in [-0.25, -0.2) is 0 Å². The zero-order chi connectivity index (χ0) is 21.7. The summed E-state index contributed by atoms with van der Waals surface area (Å²) in [6.45, 7) is 0. The van der Waals surface area contributed by atoms with E-state index in [1.54, 1.807) is 12.1 Å². The van der Waals surface area contributed by atoms with Crippen molar-refractivity contribution in [2.24, 2.45) is 0 Å². The predicted octanol–water partition coefficient (Wildman–Crippen LogP) is 7.11. The van der Waals surface area contributed by atoms with Gasteiger partial charge in [0.25, 0.3) is 5.69 Å². The molecular weight excluding hydrogens is 398 g/mol. The van der Waals surface area contributed by atoms with Crippen molar-refractivity contribution in [2.75, 3.05) is 0 Å². The second-order valence-corrected chi connectivity index (χ2v) is 7.78. The molecule has 0 saturated heterocycles. The fourth-order valence-electron chi connectivity index (χ4n) is 4.51. The third-order valence-corrected chi connectivity index (χ3v) is 6.01. The Kier molecular flexibility index (Phi) is 4.01. The van der Waals surface area contributed by atoms with Gasteiger partial charge in [0.15, 0.2) is 0 Å². The van der Waals surface area contributed by atoms with E-state index in [0.29, 0.717) is 0 Å². The van der Waals surface area contributed by atoms with Gasteiger partial charge in [-0.05, 0) is 33.9 Å². The summed E-state index contributed by atoms with van der Waals surface area (Å²) in [4.78, 5) is 19.1. The van der Waals surface area contributed by atoms with Gasteiger partial charge in [0.1, 0.15) is 0 Å². The van der Waals surface area contributed by atoms with Gasteiger partial charge in [0.2, 0.25) is 0 Å². The Hall–Kier alpha value is -4.51. The average molecular weight is 415 g/mol. The summed E-state index contributed by atoms with van der Waals surface area (Å²) in [5.74, 6) is 0. The molecule has 152 valence electrons. The molecule has 0 spiro atoms. The number of fused-ring (bicyclic) bond motifs is 3. The number of benzene rings is 4. The number of nitro benzene ring substituents is 1. The van der Waals surface area contributed by atoms with E-state index in [1.165, 1.54) is 6.07 Å². The number of H-pyrrole nitrogens is 1. The van der Waals surface area contributed by atoms with E-state index < -0.39 is 0 Å². The molecule has 0 amide bonds. The van der Waals surface area contributed by atoms with E-state index in [0.717, 1.165) is 54.8 Å². The Labute approximate surface area is 183 Å². The molecule has 0 fully saturated rings. The number of hydrogen-bond acceptors (Lipinski definition) is 3. The highest BCUT2D eigenvalue weighted by Gasteiger charge is 2.19. The Morgan fingerprint density at radius 2 is 1.50 bits per heavy atom. The zero-order valence-electron chi connectivity index (χ0n) is 16.9. The molecule has 1 N–H and O–H groups in total. The van der Waals surface area contributed by atoms with Crippen LogP contribution in [-0.2, 0) is 0 Å². The molecule has 4 aromatic carbocycles. The second kappa shape index (κ2) is 7.03. The largest absolute Gasteiger partial charge is 0.361 e. The van der Waals surface area contributed by atoms with E-state index in [4.69, 9.17) is 4.98 Å². The minimum atomic E-state index is -0.357. The quantitative estimate of drug-likeness (QED) is 0.247. The molecule has 0 unspecified atom stereocenters. The number of aromatic nitrogens is 2. The first kappa shape index (κ1) is 18.3. The molecule has 0 aliphatic rings. The van der Waals surface area contributed by atoms with Gasteiger partial charge in [-0.3, -0.25) is 15.1 Å². The summed E-state index contributed by atoms with van der Waals surface area (Å²) in [5, 5.41) is 16.6. The van der Waals surface area contributed by atoms with Gasteiger partial charge in [-0.1, -0.05) is 60.7 Å². The van der Waals surface area contributed by atoms with Crippen LogP contribution in [0.2, 0.25) is 0 Å². The summed E-state index contributed by atoms with van der Waals surface area (Å²) in [7, 11) is 0. The van der Waals surface area contributed by atoms with Crippen LogP contribution in [0.5, 0.6) is 0 Å². The molecule has 0 saturated carbocycles. The van der Waals surface area contributed by atoms with Crippen molar-refractivity contribution in [3.63, 3.8) is 0 Å². The first-order chi connectivity index (χ1) is 15.7. The number of hydrogen-bond donors (Lipinski definition) is 1. The molecule has 5 heteroatoms. The monoisotopic (exact) mass is 415 g/mol. The lowest BCUT2D eigenvalue weighted by Crippen LogP contribution is -1.92. The number of rotatable bonds is 3. The van der Waals surface area contributed by atoms with Crippen molar-refractivity contribution in [3.8, 4) is 22.4 Å². The van der Waals surface area contributed by atoms with Crippen LogP contribution in [0.4, 0.5) is 5.69 Å². The van der Waals surface area contributed by atoms with Gasteiger partial charge in [0, 0.05) is 51.9 Å². The highest BCUT2D eigenvalue weighted by atomic mass is 16.6. The first-order valence-corrected chi connectivity index (χ1v) is 10.3.